The molecule has 1 aliphatic carbocycles. The number of hydrogen-bond acceptors (Lipinski definition) is 4. The first-order chi connectivity index (χ1) is 30.0. The van der Waals surface area contributed by atoms with Crippen molar-refractivity contribution in [2.75, 3.05) is 0 Å². The number of hydrogen-bond donors (Lipinski definition) is 0. The summed E-state index contributed by atoms with van der Waals surface area (Å²) in [4.78, 5) is 20.3. The number of benzene rings is 8. The first kappa shape index (κ1) is 36.3. The van der Waals surface area contributed by atoms with Crippen LogP contribution in [0.25, 0.3) is 101 Å². The van der Waals surface area contributed by atoms with Crippen LogP contribution >= 0.6 is 0 Å². The number of aromatic nitrogens is 4. The molecule has 8 aromatic carbocycles. The molecule has 11 rings (SSSR count). The van der Waals surface area contributed by atoms with E-state index in [4.69, 9.17) is 19.9 Å². The summed E-state index contributed by atoms with van der Waals surface area (Å²) >= 11 is 0. The fourth-order valence-electron chi connectivity index (χ4n) is 8.89. The summed E-state index contributed by atoms with van der Waals surface area (Å²) in [7, 11) is 0. The molecule has 0 amide bonds. The zero-order valence-electron chi connectivity index (χ0n) is 33.9. The number of pyridine rings is 1. The van der Waals surface area contributed by atoms with Gasteiger partial charge in [-0.1, -0.05) is 196 Å². The Bertz CT molecular complexity index is 3170. The quantitative estimate of drug-likeness (QED) is 0.162. The van der Waals surface area contributed by atoms with E-state index in [9.17, 15) is 0 Å². The van der Waals surface area contributed by atoms with E-state index in [0.717, 1.165) is 61.1 Å². The Hall–Kier alpha value is -7.82. The van der Waals surface area contributed by atoms with Crippen LogP contribution in [0.15, 0.2) is 206 Å². The van der Waals surface area contributed by atoms with Gasteiger partial charge in [-0.3, -0.25) is 0 Å². The molecular formula is C57H40N4. The standard InChI is InChI=1S/C57H40N4/c1-57(2)50-24-13-12-23-46(50)48-34-49-47(35-52(58-53(49)36-51(48)57)41-31-27-38(28-32-41)37-15-6-3-7-16-37)40-29-25-39(26-30-40)44-21-14-22-45(33-44)56-60-54(42-17-8-4-9-18-42)59-55(61-56)43-19-10-5-11-20-43/h3-36H,1-2H3. The van der Waals surface area contributed by atoms with Crippen molar-refractivity contribution in [3.8, 4) is 89.9 Å². The molecule has 0 aliphatic heterocycles. The van der Waals surface area contributed by atoms with E-state index in [2.05, 4.69) is 159 Å². The van der Waals surface area contributed by atoms with Gasteiger partial charge in [-0.05, 0) is 79.9 Å². The molecule has 1 aliphatic rings. The summed E-state index contributed by atoms with van der Waals surface area (Å²) < 4.78 is 0. The minimum absolute atomic E-state index is 0.126. The maximum Gasteiger partial charge on any atom is 0.164 e. The van der Waals surface area contributed by atoms with Crippen LogP contribution in [0.2, 0.25) is 0 Å². The van der Waals surface area contributed by atoms with Crippen molar-refractivity contribution < 1.29 is 0 Å². The van der Waals surface area contributed by atoms with E-state index in [1.165, 1.54) is 33.4 Å². The van der Waals surface area contributed by atoms with Crippen LogP contribution in [0.4, 0.5) is 0 Å². The van der Waals surface area contributed by atoms with E-state index < -0.39 is 0 Å². The molecule has 2 aromatic heterocycles. The van der Waals surface area contributed by atoms with Gasteiger partial charge < -0.3 is 0 Å². The Kier molecular flexibility index (Phi) is 8.79. The van der Waals surface area contributed by atoms with Gasteiger partial charge in [0.05, 0.1) is 11.2 Å². The lowest BCUT2D eigenvalue weighted by molar-refractivity contribution is 0.661. The maximum absolute atomic E-state index is 5.38. The molecular weight excluding hydrogens is 741 g/mol. The van der Waals surface area contributed by atoms with Gasteiger partial charge in [0.2, 0.25) is 0 Å². The molecule has 61 heavy (non-hydrogen) atoms. The summed E-state index contributed by atoms with van der Waals surface area (Å²) in [5, 5.41) is 1.14. The van der Waals surface area contributed by atoms with Crippen molar-refractivity contribution in [2.45, 2.75) is 19.3 Å². The number of nitrogens with zero attached hydrogens (tertiary/aromatic N) is 4. The average Bonchev–Trinajstić information content (AvgIpc) is 3.56. The third-order valence-electron chi connectivity index (χ3n) is 12.1. The summed E-state index contributed by atoms with van der Waals surface area (Å²) in [6, 6.07) is 72.7. The predicted octanol–water partition coefficient (Wildman–Crippen LogP) is 14.4. The topological polar surface area (TPSA) is 51.6 Å². The second-order valence-corrected chi connectivity index (χ2v) is 16.3. The van der Waals surface area contributed by atoms with Gasteiger partial charge >= 0.3 is 0 Å². The molecule has 0 radical (unpaired) electrons. The minimum Gasteiger partial charge on any atom is -0.248 e. The first-order valence-electron chi connectivity index (χ1n) is 20.8. The van der Waals surface area contributed by atoms with E-state index in [0.29, 0.717) is 17.5 Å². The van der Waals surface area contributed by atoms with Gasteiger partial charge in [0.15, 0.2) is 17.5 Å². The minimum atomic E-state index is -0.126. The van der Waals surface area contributed by atoms with Gasteiger partial charge in [-0.25, -0.2) is 19.9 Å². The highest BCUT2D eigenvalue weighted by Crippen LogP contribution is 2.50. The molecule has 0 fully saturated rings. The van der Waals surface area contributed by atoms with Gasteiger partial charge in [0.25, 0.3) is 0 Å². The molecule has 0 atom stereocenters. The lowest BCUT2D eigenvalue weighted by Gasteiger charge is -2.22. The summed E-state index contributed by atoms with van der Waals surface area (Å²) in [6.07, 6.45) is 0. The Labute approximate surface area is 356 Å². The predicted molar refractivity (Wildman–Crippen MR) is 251 cm³/mol. The van der Waals surface area contributed by atoms with Gasteiger partial charge in [0.1, 0.15) is 0 Å². The molecule has 0 saturated carbocycles. The van der Waals surface area contributed by atoms with E-state index in [-0.39, 0.29) is 5.41 Å². The van der Waals surface area contributed by atoms with Crippen molar-refractivity contribution in [3.05, 3.63) is 217 Å². The molecule has 2 heterocycles. The Morgan fingerprint density at radius 2 is 0.770 bits per heavy atom. The highest BCUT2D eigenvalue weighted by molar-refractivity contribution is 6.01. The van der Waals surface area contributed by atoms with Gasteiger partial charge in [0, 0.05) is 33.1 Å². The summed E-state index contributed by atoms with van der Waals surface area (Å²) in [5.41, 5.74) is 17.9. The summed E-state index contributed by atoms with van der Waals surface area (Å²) in [5.74, 6) is 1.93. The average molecular weight is 781 g/mol. The highest BCUT2D eigenvalue weighted by Gasteiger charge is 2.35. The normalized spacial score (nSPS) is 12.6. The van der Waals surface area contributed by atoms with Crippen LogP contribution in [0.3, 0.4) is 0 Å². The Morgan fingerprint density at radius 3 is 1.41 bits per heavy atom. The van der Waals surface area contributed by atoms with Crippen molar-refractivity contribution in [1.29, 1.82) is 0 Å². The Balaban J connectivity index is 1.00. The first-order valence-corrected chi connectivity index (χ1v) is 20.8. The molecule has 4 heteroatoms. The van der Waals surface area contributed by atoms with Gasteiger partial charge in [-0.2, -0.15) is 0 Å². The summed E-state index contributed by atoms with van der Waals surface area (Å²) in [6.45, 7) is 4.66. The fraction of sp³-hybridized carbons (Fsp3) is 0.0526. The lowest BCUT2D eigenvalue weighted by Crippen LogP contribution is -2.14. The van der Waals surface area contributed by atoms with Crippen LogP contribution < -0.4 is 0 Å². The smallest absolute Gasteiger partial charge is 0.164 e. The zero-order chi connectivity index (χ0) is 40.9. The number of fused-ring (bicyclic) bond motifs is 4. The third-order valence-corrected chi connectivity index (χ3v) is 12.1. The van der Waals surface area contributed by atoms with Gasteiger partial charge in [-0.15, -0.1) is 0 Å². The van der Waals surface area contributed by atoms with E-state index in [1.54, 1.807) is 0 Å². The van der Waals surface area contributed by atoms with Crippen molar-refractivity contribution in [3.63, 3.8) is 0 Å². The van der Waals surface area contributed by atoms with E-state index in [1.807, 2.05) is 60.7 Å². The third kappa shape index (κ3) is 6.59. The van der Waals surface area contributed by atoms with E-state index >= 15 is 0 Å². The number of rotatable bonds is 7. The largest absolute Gasteiger partial charge is 0.248 e. The van der Waals surface area contributed by atoms with Crippen LogP contribution in [0.5, 0.6) is 0 Å². The SMILES string of the molecule is CC1(C)c2ccccc2-c2cc3c(-c4ccc(-c5cccc(-c6nc(-c7ccccc7)nc(-c7ccccc7)n6)c5)cc4)cc(-c4ccc(-c5ccccc5)cc4)nc3cc21. The second-order valence-electron chi connectivity index (χ2n) is 16.3. The molecule has 0 unspecified atom stereocenters. The van der Waals surface area contributed by atoms with Crippen molar-refractivity contribution in [1.82, 2.24) is 19.9 Å². The molecule has 288 valence electrons. The zero-order valence-corrected chi connectivity index (χ0v) is 33.9. The van der Waals surface area contributed by atoms with Crippen LogP contribution in [0, 0.1) is 0 Å². The highest BCUT2D eigenvalue weighted by atomic mass is 15.0. The molecule has 0 bridgehead atoms. The van der Waals surface area contributed by atoms with Crippen molar-refractivity contribution in [2.24, 2.45) is 0 Å². The Morgan fingerprint density at radius 1 is 0.295 bits per heavy atom. The van der Waals surface area contributed by atoms with Crippen LogP contribution in [-0.2, 0) is 5.41 Å². The van der Waals surface area contributed by atoms with Crippen LogP contribution in [0.1, 0.15) is 25.0 Å². The maximum atomic E-state index is 5.38. The molecule has 0 spiro atoms. The molecule has 0 N–H and O–H groups in total. The lowest BCUT2D eigenvalue weighted by atomic mass is 9.82. The molecule has 4 nitrogen and oxygen atoms in total. The second kappa shape index (κ2) is 14.8. The fourth-order valence-corrected chi connectivity index (χ4v) is 8.89. The monoisotopic (exact) mass is 780 g/mol. The molecule has 10 aromatic rings. The van der Waals surface area contributed by atoms with Crippen LogP contribution in [-0.4, -0.2) is 19.9 Å². The van der Waals surface area contributed by atoms with Crippen molar-refractivity contribution >= 4 is 10.9 Å². The molecule has 0 saturated heterocycles.